The van der Waals surface area contributed by atoms with Gasteiger partial charge < -0.3 is 14.6 Å². The van der Waals surface area contributed by atoms with Crippen LogP contribution in [-0.2, 0) is 11.8 Å². The number of nitrogens with one attached hydrogen (secondary N) is 1. The van der Waals surface area contributed by atoms with Crippen LogP contribution >= 0.6 is 11.8 Å². The topological polar surface area (TPSA) is 69.0 Å². The molecular weight excluding hydrogens is 384 g/mol. The Bertz CT molecular complexity index is 1020. The molecule has 0 fully saturated rings. The van der Waals surface area contributed by atoms with E-state index in [9.17, 15) is 4.79 Å². The van der Waals surface area contributed by atoms with Crippen LogP contribution in [0.25, 0.3) is 11.4 Å². The van der Waals surface area contributed by atoms with Crippen molar-refractivity contribution in [3.63, 3.8) is 0 Å². The van der Waals surface area contributed by atoms with Gasteiger partial charge in [0.1, 0.15) is 5.75 Å². The minimum atomic E-state index is -0.330. The summed E-state index contributed by atoms with van der Waals surface area (Å²) in [5, 5.41) is 12.0. The number of carbonyl (C=O) groups is 1. The van der Waals surface area contributed by atoms with Crippen LogP contribution in [0.5, 0.6) is 5.75 Å². The summed E-state index contributed by atoms with van der Waals surface area (Å²) in [4.78, 5) is 12.8. The van der Waals surface area contributed by atoms with Gasteiger partial charge in [0.05, 0.1) is 17.9 Å². The Kier molecular flexibility index (Phi) is 6.27. The molecule has 0 spiro atoms. The second kappa shape index (κ2) is 8.69. The Morgan fingerprint density at radius 3 is 2.45 bits per heavy atom. The Labute approximate surface area is 175 Å². The van der Waals surface area contributed by atoms with Crippen molar-refractivity contribution >= 4 is 23.4 Å². The average Bonchev–Trinajstić information content (AvgIpc) is 3.04. The molecule has 3 aromatic rings. The highest BCUT2D eigenvalue weighted by Crippen LogP contribution is 2.31. The number of carbonyl (C=O) groups excluding carboxylic acids is 1. The fourth-order valence-electron chi connectivity index (χ4n) is 3.30. The monoisotopic (exact) mass is 410 g/mol. The number of amides is 1. The number of hydrogen-bond acceptors (Lipinski definition) is 5. The van der Waals surface area contributed by atoms with E-state index in [0.29, 0.717) is 11.0 Å². The zero-order chi connectivity index (χ0) is 21.1. The predicted molar refractivity (Wildman–Crippen MR) is 118 cm³/mol. The van der Waals surface area contributed by atoms with Crippen LogP contribution in [0.3, 0.4) is 0 Å². The molecule has 1 heterocycles. The van der Waals surface area contributed by atoms with Crippen molar-refractivity contribution in [1.82, 2.24) is 14.8 Å². The van der Waals surface area contributed by atoms with E-state index in [0.717, 1.165) is 28.1 Å². The molecule has 1 amide bonds. The molecule has 1 atom stereocenters. The third kappa shape index (κ3) is 4.45. The molecule has 0 unspecified atom stereocenters. The number of aromatic nitrogens is 3. The highest BCUT2D eigenvalue weighted by atomic mass is 32.2. The van der Waals surface area contributed by atoms with Crippen LogP contribution in [0.4, 0.5) is 5.69 Å². The van der Waals surface area contributed by atoms with Gasteiger partial charge in [-0.3, -0.25) is 4.79 Å². The fourth-order valence-corrected chi connectivity index (χ4v) is 4.11. The maximum Gasteiger partial charge on any atom is 0.237 e. The quantitative estimate of drug-likeness (QED) is 0.605. The predicted octanol–water partition coefficient (Wildman–Crippen LogP) is 4.54. The molecule has 152 valence electrons. The van der Waals surface area contributed by atoms with Gasteiger partial charge >= 0.3 is 0 Å². The van der Waals surface area contributed by atoms with Crippen LogP contribution in [0.1, 0.15) is 23.6 Å². The zero-order valence-electron chi connectivity index (χ0n) is 17.6. The maximum absolute atomic E-state index is 12.8. The Morgan fingerprint density at radius 2 is 1.79 bits per heavy atom. The summed E-state index contributed by atoms with van der Waals surface area (Å²) in [6.45, 7) is 7.94. The largest absolute Gasteiger partial charge is 0.496 e. The Hall–Kier alpha value is -2.80. The number of aryl methyl sites for hydroxylation is 3. The van der Waals surface area contributed by atoms with Crippen LogP contribution in [0, 0.1) is 20.8 Å². The van der Waals surface area contributed by atoms with Crippen molar-refractivity contribution < 1.29 is 9.53 Å². The van der Waals surface area contributed by atoms with E-state index < -0.39 is 0 Å². The molecule has 0 aliphatic rings. The number of anilines is 1. The van der Waals surface area contributed by atoms with Gasteiger partial charge in [0.2, 0.25) is 5.91 Å². The van der Waals surface area contributed by atoms with Crippen molar-refractivity contribution in [2.24, 2.45) is 7.05 Å². The molecule has 6 nitrogen and oxygen atoms in total. The van der Waals surface area contributed by atoms with Crippen LogP contribution in [0.2, 0.25) is 0 Å². The molecule has 0 saturated carbocycles. The van der Waals surface area contributed by atoms with Crippen molar-refractivity contribution in [3.8, 4) is 17.1 Å². The van der Waals surface area contributed by atoms with E-state index >= 15 is 0 Å². The van der Waals surface area contributed by atoms with Crippen LogP contribution in [0.15, 0.2) is 41.6 Å². The number of rotatable bonds is 6. The minimum Gasteiger partial charge on any atom is -0.496 e. The molecule has 1 aromatic heterocycles. The molecule has 3 rings (SSSR count). The maximum atomic E-state index is 12.8. The summed E-state index contributed by atoms with van der Waals surface area (Å²) < 4.78 is 7.31. The third-order valence-electron chi connectivity index (χ3n) is 4.76. The van der Waals surface area contributed by atoms with Gasteiger partial charge in [0.15, 0.2) is 11.0 Å². The van der Waals surface area contributed by atoms with Crippen LogP contribution < -0.4 is 10.1 Å². The lowest BCUT2D eigenvalue weighted by Crippen LogP contribution is -2.23. The fraction of sp³-hybridized carbons (Fsp3) is 0.318. The van der Waals surface area contributed by atoms with Gasteiger partial charge in [-0.15, -0.1) is 10.2 Å². The first kappa shape index (κ1) is 20.9. The number of nitrogens with zero attached hydrogens (tertiary/aromatic N) is 3. The van der Waals surface area contributed by atoms with Gasteiger partial charge in [0.25, 0.3) is 0 Å². The number of benzene rings is 2. The summed E-state index contributed by atoms with van der Waals surface area (Å²) in [7, 11) is 3.52. The first-order chi connectivity index (χ1) is 13.8. The Balaban J connectivity index is 1.77. The summed E-state index contributed by atoms with van der Waals surface area (Å²) in [5.74, 6) is 1.37. The number of thioether (sulfide) groups is 1. The molecule has 7 heteroatoms. The lowest BCUT2D eigenvalue weighted by molar-refractivity contribution is -0.115. The van der Waals surface area contributed by atoms with E-state index in [4.69, 9.17) is 4.74 Å². The van der Waals surface area contributed by atoms with Crippen LogP contribution in [-0.4, -0.2) is 33.0 Å². The second-order valence-corrected chi connectivity index (χ2v) is 8.40. The van der Waals surface area contributed by atoms with Gasteiger partial charge in [-0.1, -0.05) is 41.6 Å². The zero-order valence-corrected chi connectivity index (χ0v) is 18.4. The van der Waals surface area contributed by atoms with Gasteiger partial charge in [0, 0.05) is 12.7 Å². The number of ether oxygens (including phenoxy) is 1. The standard InChI is InChI=1S/C22H26N4O2S/c1-13-11-14(2)19(15(3)12-13)23-21(27)16(4)29-22-25-24-20(26(22)5)17-9-7-8-10-18(17)28-6/h7-12,16H,1-6H3,(H,23,27)/t16-/m1/s1. The lowest BCUT2D eigenvalue weighted by atomic mass is 10.1. The highest BCUT2D eigenvalue weighted by molar-refractivity contribution is 8.00. The molecule has 2 aromatic carbocycles. The van der Waals surface area contributed by atoms with Crippen molar-refractivity contribution in [3.05, 3.63) is 53.1 Å². The average molecular weight is 411 g/mol. The number of hydrogen-bond donors (Lipinski definition) is 1. The van der Waals surface area contributed by atoms with E-state index in [1.54, 1.807) is 7.11 Å². The molecular formula is C22H26N4O2S. The smallest absolute Gasteiger partial charge is 0.237 e. The highest BCUT2D eigenvalue weighted by Gasteiger charge is 2.21. The molecule has 0 radical (unpaired) electrons. The van der Waals surface area contributed by atoms with E-state index in [2.05, 4.69) is 34.6 Å². The van der Waals surface area contributed by atoms with Crippen molar-refractivity contribution in [2.75, 3.05) is 12.4 Å². The van der Waals surface area contributed by atoms with E-state index in [1.807, 2.05) is 56.7 Å². The minimum absolute atomic E-state index is 0.0631. The first-order valence-electron chi connectivity index (χ1n) is 9.40. The van der Waals surface area contributed by atoms with Gasteiger partial charge in [-0.05, 0) is 51.0 Å². The molecule has 0 bridgehead atoms. The summed E-state index contributed by atoms with van der Waals surface area (Å²) in [6, 6.07) is 11.8. The number of para-hydroxylation sites is 1. The lowest BCUT2D eigenvalue weighted by Gasteiger charge is -2.16. The van der Waals surface area contributed by atoms with Crippen molar-refractivity contribution in [1.29, 1.82) is 0 Å². The molecule has 1 N–H and O–H groups in total. The second-order valence-electron chi connectivity index (χ2n) is 7.09. The third-order valence-corrected chi connectivity index (χ3v) is 5.89. The molecule has 0 aliphatic carbocycles. The van der Waals surface area contributed by atoms with Crippen molar-refractivity contribution in [2.45, 2.75) is 38.1 Å². The Morgan fingerprint density at radius 1 is 1.14 bits per heavy atom. The van der Waals surface area contributed by atoms with Gasteiger partial charge in [-0.25, -0.2) is 0 Å². The molecule has 0 aliphatic heterocycles. The summed E-state index contributed by atoms with van der Waals surface area (Å²) >= 11 is 1.38. The van der Waals surface area contributed by atoms with Gasteiger partial charge in [-0.2, -0.15) is 0 Å². The summed E-state index contributed by atoms with van der Waals surface area (Å²) in [5.41, 5.74) is 5.04. The van der Waals surface area contributed by atoms with E-state index in [1.165, 1.54) is 17.3 Å². The first-order valence-corrected chi connectivity index (χ1v) is 10.3. The number of methoxy groups -OCH3 is 1. The summed E-state index contributed by atoms with van der Waals surface area (Å²) in [6.07, 6.45) is 0. The SMILES string of the molecule is COc1ccccc1-c1nnc(S[C@H](C)C(=O)Nc2c(C)cc(C)cc2C)n1C. The van der Waals surface area contributed by atoms with E-state index in [-0.39, 0.29) is 11.2 Å². The molecule has 29 heavy (non-hydrogen) atoms. The molecule has 0 saturated heterocycles. The normalized spacial score (nSPS) is 11.9.